The summed E-state index contributed by atoms with van der Waals surface area (Å²) in [6.07, 6.45) is 0. The highest BCUT2D eigenvalue weighted by atomic mass is 14.8. The van der Waals surface area contributed by atoms with Crippen LogP contribution in [0.2, 0.25) is 0 Å². The molecule has 0 spiro atoms. The molecule has 0 aliphatic heterocycles. The molecule has 0 heterocycles. The number of nitrogens with one attached hydrogen (secondary N) is 1. The molecule has 1 heteroatoms. The predicted molar refractivity (Wildman–Crippen MR) is 78.9 cm³/mol. The molecule has 18 heavy (non-hydrogen) atoms. The Bertz CT molecular complexity index is 535. The molecule has 0 atom stereocenters. The number of aryl methyl sites for hydroxylation is 3. The molecule has 94 valence electrons. The van der Waals surface area contributed by atoms with Gasteiger partial charge in [-0.2, -0.15) is 0 Å². The Kier molecular flexibility index (Phi) is 3.83. The molecule has 0 bridgehead atoms. The molecule has 0 aliphatic rings. The summed E-state index contributed by atoms with van der Waals surface area (Å²) in [4.78, 5) is 0. The topological polar surface area (TPSA) is 12.0 Å². The van der Waals surface area contributed by atoms with Gasteiger partial charge in [0.1, 0.15) is 0 Å². The summed E-state index contributed by atoms with van der Waals surface area (Å²) in [5.74, 6) is 0. The second-order valence-electron chi connectivity index (χ2n) is 5.06. The number of hydrogen-bond acceptors (Lipinski definition) is 1. The fraction of sp³-hybridized carbons (Fsp3) is 0.294. The molecule has 0 unspecified atom stereocenters. The molecular weight excluding hydrogens is 218 g/mol. The molecule has 0 amide bonds. The van der Waals surface area contributed by atoms with Crippen LogP contribution in [0, 0.1) is 20.8 Å². The lowest BCUT2D eigenvalue weighted by Crippen LogP contribution is -2.05. The predicted octanol–water partition coefficient (Wildman–Crippen LogP) is 4.00. The third kappa shape index (κ3) is 2.80. The highest BCUT2D eigenvalue weighted by molar-refractivity contribution is 5.69. The number of rotatable bonds is 3. The van der Waals surface area contributed by atoms with E-state index in [9.17, 15) is 0 Å². The second-order valence-corrected chi connectivity index (χ2v) is 5.06. The first-order chi connectivity index (χ1) is 8.60. The lowest BCUT2D eigenvalue weighted by atomic mass is 9.96. The fourth-order valence-electron chi connectivity index (χ4n) is 2.49. The summed E-state index contributed by atoms with van der Waals surface area (Å²) >= 11 is 0. The Morgan fingerprint density at radius 2 is 1.56 bits per heavy atom. The average Bonchev–Trinajstić information content (AvgIpc) is 2.28. The number of benzene rings is 2. The maximum Gasteiger partial charge on any atom is 0.0202 e. The molecule has 0 saturated carbocycles. The van der Waals surface area contributed by atoms with Gasteiger partial charge in [0.15, 0.2) is 0 Å². The van der Waals surface area contributed by atoms with Gasteiger partial charge in [0.05, 0.1) is 0 Å². The first-order valence-electron chi connectivity index (χ1n) is 6.43. The maximum atomic E-state index is 3.19. The third-order valence-corrected chi connectivity index (χ3v) is 3.20. The van der Waals surface area contributed by atoms with Crippen LogP contribution < -0.4 is 5.32 Å². The highest BCUT2D eigenvalue weighted by Gasteiger charge is 2.04. The SMILES string of the molecule is CNCc1ccc(-c2cc(C)cc(C)c2)c(C)c1. The number of hydrogen-bond donors (Lipinski definition) is 1. The van der Waals surface area contributed by atoms with E-state index in [1.807, 2.05) is 7.05 Å². The Morgan fingerprint density at radius 3 is 2.11 bits per heavy atom. The largest absolute Gasteiger partial charge is 0.316 e. The van der Waals surface area contributed by atoms with E-state index < -0.39 is 0 Å². The molecule has 0 radical (unpaired) electrons. The van der Waals surface area contributed by atoms with Crippen molar-refractivity contribution in [1.82, 2.24) is 5.32 Å². The van der Waals surface area contributed by atoms with Crippen molar-refractivity contribution in [1.29, 1.82) is 0 Å². The standard InChI is InChI=1S/C17H21N/c1-12-7-13(2)9-16(8-12)17-6-5-15(11-18-4)10-14(17)3/h5-10,18H,11H2,1-4H3. The lowest BCUT2D eigenvalue weighted by Gasteiger charge is -2.10. The zero-order chi connectivity index (χ0) is 13.1. The van der Waals surface area contributed by atoms with Crippen LogP contribution in [0.1, 0.15) is 22.3 Å². The zero-order valence-corrected chi connectivity index (χ0v) is 11.7. The van der Waals surface area contributed by atoms with Gasteiger partial charge in [-0.15, -0.1) is 0 Å². The molecule has 1 nitrogen and oxygen atoms in total. The summed E-state index contributed by atoms with van der Waals surface area (Å²) < 4.78 is 0. The smallest absolute Gasteiger partial charge is 0.0202 e. The van der Waals surface area contributed by atoms with E-state index in [1.54, 1.807) is 0 Å². The zero-order valence-electron chi connectivity index (χ0n) is 11.7. The average molecular weight is 239 g/mol. The van der Waals surface area contributed by atoms with Crippen LogP contribution >= 0.6 is 0 Å². The normalized spacial score (nSPS) is 10.7. The molecule has 2 rings (SSSR count). The summed E-state index contributed by atoms with van der Waals surface area (Å²) in [5, 5.41) is 3.19. The first kappa shape index (κ1) is 12.8. The molecule has 1 N–H and O–H groups in total. The Hall–Kier alpha value is -1.60. The van der Waals surface area contributed by atoms with Crippen LogP contribution in [-0.4, -0.2) is 7.05 Å². The summed E-state index contributed by atoms with van der Waals surface area (Å²) in [6, 6.07) is 13.4. The summed E-state index contributed by atoms with van der Waals surface area (Å²) in [6.45, 7) is 7.42. The van der Waals surface area contributed by atoms with E-state index in [0.29, 0.717) is 0 Å². The van der Waals surface area contributed by atoms with E-state index in [2.05, 4.69) is 62.5 Å². The minimum absolute atomic E-state index is 0.925. The first-order valence-corrected chi connectivity index (χ1v) is 6.43. The van der Waals surface area contributed by atoms with Gasteiger partial charge in [-0.25, -0.2) is 0 Å². The van der Waals surface area contributed by atoms with E-state index in [0.717, 1.165) is 6.54 Å². The van der Waals surface area contributed by atoms with Crippen molar-refractivity contribution in [2.24, 2.45) is 0 Å². The van der Waals surface area contributed by atoms with Crippen LogP contribution in [-0.2, 0) is 6.54 Å². The molecule has 0 saturated heterocycles. The van der Waals surface area contributed by atoms with Crippen molar-refractivity contribution in [3.05, 3.63) is 58.7 Å². The fourth-order valence-corrected chi connectivity index (χ4v) is 2.49. The third-order valence-electron chi connectivity index (χ3n) is 3.20. The minimum Gasteiger partial charge on any atom is -0.316 e. The monoisotopic (exact) mass is 239 g/mol. The van der Waals surface area contributed by atoms with Crippen LogP contribution in [0.4, 0.5) is 0 Å². The van der Waals surface area contributed by atoms with Crippen LogP contribution in [0.15, 0.2) is 36.4 Å². The lowest BCUT2D eigenvalue weighted by molar-refractivity contribution is 0.817. The molecule has 0 fully saturated rings. The summed E-state index contributed by atoms with van der Waals surface area (Å²) in [5.41, 5.74) is 7.98. The Morgan fingerprint density at radius 1 is 0.889 bits per heavy atom. The van der Waals surface area contributed by atoms with Crippen LogP contribution in [0.5, 0.6) is 0 Å². The van der Waals surface area contributed by atoms with Gasteiger partial charge in [0, 0.05) is 6.54 Å². The van der Waals surface area contributed by atoms with Gasteiger partial charge < -0.3 is 5.32 Å². The van der Waals surface area contributed by atoms with E-state index in [-0.39, 0.29) is 0 Å². The Labute approximate surface area is 110 Å². The van der Waals surface area contributed by atoms with Crippen molar-refractivity contribution >= 4 is 0 Å². The van der Waals surface area contributed by atoms with Crippen molar-refractivity contribution in [3.63, 3.8) is 0 Å². The van der Waals surface area contributed by atoms with E-state index in [4.69, 9.17) is 0 Å². The van der Waals surface area contributed by atoms with Crippen LogP contribution in [0.3, 0.4) is 0 Å². The van der Waals surface area contributed by atoms with Gasteiger partial charge in [0.25, 0.3) is 0 Å². The molecule has 2 aromatic rings. The molecule has 2 aromatic carbocycles. The van der Waals surface area contributed by atoms with Crippen molar-refractivity contribution in [3.8, 4) is 11.1 Å². The van der Waals surface area contributed by atoms with E-state index >= 15 is 0 Å². The van der Waals surface area contributed by atoms with Gasteiger partial charge >= 0.3 is 0 Å². The molecular formula is C17H21N. The minimum atomic E-state index is 0.925. The quantitative estimate of drug-likeness (QED) is 0.853. The van der Waals surface area contributed by atoms with E-state index in [1.165, 1.54) is 33.4 Å². The Balaban J connectivity index is 2.44. The van der Waals surface area contributed by atoms with Crippen molar-refractivity contribution in [2.75, 3.05) is 7.05 Å². The summed E-state index contributed by atoms with van der Waals surface area (Å²) in [7, 11) is 1.98. The maximum absolute atomic E-state index is 3.19. The highest BCUT2D eigenvalue weighted by Crippen LogP contribution is 2.26. The van der Waals surface area contributed by atoms with Gasteiger partial charge in [-0.3, -0.25) is 0 Å². The second kappa shape index (κ2) is 5.36. The van der Waals surface area contributed by atoms with Gasteiger partial charge in [0.2, 0.25) is 0 Å². The van der Waals surface area contributed by atoms with Crippen LogP contribution in [0.25, 0.3) is 11.1 Å². The van der Waals surface area contributed by atoms with Gasteiger partial charge in [-0.05, 0) is 50.1 Å². The molecule has 0 aliphatic carbocycles. The van der Waals surface area contributed by atoms with Crippen molar-refractivity contribution < 1.29 is 0 Å². The van der Waals surface area contributed by atoms with Gasteiger partial charge in [-0.1, -0.05) is 47.5 Å². The molecule has 0 aromatic heterocycles. The van der Waals surface area contributed by atoms with Crippen molar-refractivity contribution in [2.45, 2.75) is 27.3 Å².